The molecule has 4 atom stereocenters. The summed E-state index contributed by atoms with van der Waals surface area (Å²) in [5.74, 6) is 1.43. The normalized spacial score (nSPS) is 24.2. The van der Waals surface area contributed by atoms with Crippen molar-refractivity contribution >= 4 is 5.91 Å². The second-order valence-electron chi connectivity index (χ2n) is 8.55. The van der Waals surface area contributed by atoms with E-state index in [9.17, 15) is 9.90 Å². The summed E-state index contributed by atoms with van der Waals surface area (Å²) in [7, 11) is 3.28. The molecule has 2 aromatic carbocycles. The number of carbonyl (C=O) groups is 1. The van der Waals surface area contributed by atoms with Gasteiger partial charge in [-0.25, -0.2) is 10.9 Å². The zero-order valence-electron chi connectivity index (χ0n) is 19.6. The summed E-state index contributed by atoms with van der Waals surface area (Å²) in [6.45, 7) is 5.61. The number of carbonyl (C=O) groups excluding carboxylic acids is 1. The number of phenols is 1. The maximum atomic E-state index is 13.5. The van der Waals surface area contributed by atoms with Gasteiger partial charge in [-0.1, -0.05) is 23.8 Å². The largest absolute Gasteiger partial charge is 0.508 e. The van der Waals surface area contributed by atoms with Gasteiger partial charge in [0, 0.05) is 31.7 Å². The Labute approximate surface area is 194 Å². The van der Waals surface area contributed by atoms with E-state index in [2.05, 4.69) is 10.9 Å². The lowest BCUT2D eigenvalue weighted by Crippen LogP contribution is -2.41. The summed E-state index contributed by atoms with van der Waals surface area (Å²) in [6, 6.07) is 10.6. The van der Waals surface area contributed by atoms with E-state index in [1.165, 1.54) is 0 Å². The number of hydrazine groups is 1. The molecular weight excluding hydrogens is 422 g/mol. The minimum Gasteiger partial charge on any atom is -0.508 e. The number of rotatable bonds is 9. The van der Waals surface area contributed by atoms with Crippen molar-refractivity contribution in [1.29, 1.82) is 0 Å². The molecule has 0 saturated carbocycles. The summed E-state index contributed by atoms with van der Waals surface area (Å²) in [6.07, 6.45) is 0.736. The van der Waals surface area contributed by atoms with Crippen LogP contribution < -0.4 is 20.3 Å². The zero-order valence-corrected chi connectivity index (χ0v) is 19.6. The molecule has 0 spiro atoms. The number of hydrogen-bond donors (Lipinski definition) is 3. The van der Waals surface area contributed by atoms with Gasteiger partial charge >= 0.3 is 0 Å². The molecule has 0 aliphatic carbocycles. The molecule has 0 radical (unpaired) electrons. The summed E-state index contributed by atoms with van der Waals surface area (Å²) in [5, 5.41) is 10.6. The predicted molar refractivity (Wildman–Crippen MR) is 124 cm³/mol. The molecule has 33 heavy (non-hydrogen) atoms. The van der Waals surface area contributed by atoms with Gasteiger partial charge in [0.05, 0.1) is 25.8 Å². The van der Waals surface area contributed by atoms with Crippen molar-refractivity contribution in [1.82, 2.24) is 15.8 Å². The van der Waals surface area contributed by atoms with E-state index in [-0.39, 0.29) is 29.7 Å². The van der Waals surface area contributed by atoms with Crippen LogP contribution >= 0.6 is 0 Å². The number of aromatic hydroxyl groups is 1. The monoisotopic (exact) mass is 455 g/mol. The summed E-state index contributed by atoms with van der Waals surface area (Å²) >= 11 is 0. The second kappa shape index (κ2) is 9.99. The molecule has 2 aliphatic heterocycles. The van der Waals surface area contributed by atoms with Crippen LogP contribution in [-0.4, -0.2) is 55.9 Å². The minimum absolute atomic E-state index is 0.0381. The number of nitrogens with one attached hydrogen (secondary N) is 2. The fourth-order valence-corrected chi connectivity index (χ4v) is 5.06. The van der Waals surface area contributed by atoms with Crippen LogP contribution in [0.5, 0.6) is 17.2 Å². The Morgan fingerprint density at radius 2 is 1.85 bits per heavy atom. The molecule has 0 bridgehead atoms. The van der Waals surface area contributed by atoms with Crippen LogP contribution in [0.25, 0.3) is 0 Å². The van der Waals surface area contributed by atoms with E-state index in [4.69, 9.17) is 14.2 Å². The van der Waals surface area contributed by atoms with Crippen LogP contribution in [0.15, 0.2) is 36.4 Å². The van der Waals surface area contributed by atoms with Crippen molar-refractivity contribution in [2.24, 2.45) is 5.92 Å². The van der Waals surface area contributed by atoms with Crippen molar-refractivity contribution < 1.29 is 24.1 Å². The van der Waals surface area contributed by atoms with Gasteiger partial charge in [0.15, 0.2) is 11.5 Å². The number of aryl methyl sites for hydroxylation is 1. The van der Waals surface area contributed by atoms with Crippen molar-refractivity contribution in [3.63, 3.8) is 0 Å². The predicted octanol–water partition coefficient (Wildman–Crippen LogP) is 2.86. The SMILES string of the molecule is CCOc1ccc(C2C3C(NNC3c3cc(C)ccc3O)C(=O)N2CCCOC)cc1OC. The van der Waals surface area contributed by atoms with Crippen LogP contribution in [0.4, 0.5) is 0 Å². The van der Waals surface area contributed by atoms with Gasteiger partial charge in [0.1, 0.15) is 11.8 Å². The van der Waals surface area contributed by atoms with Gasteiger partial charge in [-0.3, -0.25) is 4.79 Å². The number of likely N-dealkylation sites (tertiary alicyclic amines) is 1. The number of amides is 1. The minimum atomic E-state index is -0.403. The first kappa shape index (κ1) is 23.4. The molecule has 0 aromatic heterocycles. The Kier molecular flexibility index (Phi) is 7.07. The molecule has 8 nitrogen and oxygen atoms in total. The lowest BCUT2D eigenvalue weighted by atomic mass is 9.82. The lowest BCUT2D eigenvalue weighted by molar-refractivity contribution is -0.131. The van der Waals surface area contributed by atoms with E-state index in [0.717, 1.165) is 23.1 Å². The summed E-state index contributed by atoms with van der Waals surface area (Å²) in [5.41, 5.74) is 9.29. The van der Waals surface area contributed by atoms with Gasteiger partial charge in [-0.2, -0.15) is 0 Å². The molecule has 4 rings (SSSR count). The molecule has 4 unspecified atom stereocenters. The topological polar surface area (TPSA) is 92.3 Å². The quantitative estimate of drug-likeness (QED) is 0.501. The van der Waals surface area contributed by atoms with Gasteiger partial charge < -0.3 is 24.2 Å². The van der Waals surface area contributed by atoms with Gasteiger partial charge in [0.25, 0.3) is 0 Å². The summed E-state index contributed by atoms with van der Waals surface area (Å²) in [4.78, 5) is 15.4. The van der Waals surface area contributed by atoms with E-state index in [1.54, 1.807) is 20.3 Å². The van der Waals surface area contributed by atoms with Crippen molar-refractivity contribution in [3.05, 3.63) is 53.1 Å². The van der Waals surface area contributed by atoms with Gasteiger partial charge in [-0.15, -0.1) is 0 Å². The highest BCUT2D eigenvalue weighted by atomic mass is 16.5. The van der Waals surface area contributed by atoms with Gasteiger partial charge in [0.2, 0.25) is 5.91 Å². The molecule has 178 valence electrons. The Morgan fingerprint density at radius 1 is 1.06 bits per heavy atom. The third kappa shape index (κ3) is 4.38. The lowest BCUT2D eigenvalue weighted by Gasteiger charge is -2.32. The van der Waals surface area contributed by atoms with E-state index in [1.807, 2.05) is 49.1 Å². The summed E-state index contributed by atoms with van der Waals surface area (Å²) < 4.78 is 16.5. The molecule has 3 N–H and O–H groups in total. The van der Waals surface area contributed by atoms with Crippen LogP contribution in [0, 0.1) is 12.8 Å². The van der Waals surface area contributed by atoms with Crippen LogP contribution in [0.3, 0.4) is 0 Å². The maximum Gasteiger partial charge on any atom is 0.242 e. The number of nitrogens with zero attached hydrogens (tertiary/aromatic N) is 1. The molecule has 2 heterocycles. The Morgan fingerprint density at radius 3 is 2.58 bits per heavy atom. The van der Waals surface area contributed by atoms with Crippen molar-refractivity contribution in [3.8, 4) is 17.2 Å². The number of fused-ring (bicyclic) bond motifs is 1. The number of methoxy groups -OCH3 is 2. The molecular formula is C25H33N3O5. The van der Waals surface area contributed by atoms with Gasteiger partial charge in [-0.05, 0) is 44.0 Å². The first-order chi connectivity index (χ1) is 16.0. The average Bonchev–Trinajstić information content (AvgIpc) is 3.35. The highest BCUT2D eigenvalue weighted by Gasteiger charge is 2.55. The maximum absolute atomic E-state index is 13.5. The second-order valence-corrected chi connectivity index (χ2v) is 8.55. The number of hydrogen-bond acceptors (Lipinski definition) is 7. The fraction of sp³-hybridized carbons (Fsp3) is 0.480. The Hall–Kier alpha value is -2.81. The molecule has 1 amide bonds. The zero-order chi connectivity index (χ0) is 23.5. The third-order valence-corrected chi connectivity index (χ3v) is 6.51. The Bertz CT molecular complexity index is 998. The first-order valence-electron chi connectivity index (χ1n) is 11.4. The highest BCUT2D eigenvalue weighted by Crippen LogP contribution is 2.49. The highest BCUT2D eigenvalue weighted by molar-refractivity contribution is 5.86. The van der Waals surface area contributed by atoms with Crippen LogP contribution in [-0.2, 0) is 9.53 Å². The fourth-order valence-electron chi connectivity index (χ4n) is 5.06. The average molecular weight is 456 g/mol. The smallest absolute Gasteiger partial charge is 0.242 e. The number of ether oxygens (including phenoxy) is 3. The van der Waals surface area contributed by atoms with Crippen LogP contribution in [0.2, 0.25) is 0 Å². The van der Waals surface area contributed by atoms with E-state index in [0.29, 0.717) is 31.3 Å². The number of benzene rings is 2. The standard InChI is InChI=1S/C25H33N3O5/c1-5-33-19-10-8-16(14-20(19)32-4)24-21-22(17-13-15(2)7-9-18(17)29)26-27-23(21)25(30)28(24)11-6-12-31-3/h7-10,13-14,21-24,26-27,29H,5-6,11-12H2,1-4H3. The first-order valence-corrected chi connectivity index (χ1v) is 11.4. The molecule has 2 aromatic rings. The molecule has 2 fully saturated rings. The molecule has 8 heteroatoms. The van der Waals surface area contributed by atoms with E-state index >= 15 is 0 Å². The molecule has 2 aliphatic rings. The van der Waals surface area contributed by atoms with Crippen LogP contribution in [0.1, 0.15) is 42.1 Å². The van der Waals surface area contributed by atoms with Crippen molar-refractivity contribution in [2.45, 2.75) is 38.4 Å². The Balaban J connectivity index is 1.77. The number of phenolic OH excluding ortho intramolecular Hbond substituents is 1. The third-order valence-electron chi connectivity index (χ3n) is 6.51. The molecule has 2 saturated heterocycles. The van der Waals surface area contributed by atoms with Crippen molar-refractivity contribution in [2.75, 3.05) is 34.0 Å². The van der Waals surface area contributed by atoms with E-state index < -0.39 is 6.04 Å².